The number of thioether (sulfide) groups is 1. The molecular formula is C16H17N3O3S. The Labute approximate surface area is 138 Å². The second-order valence-corrected chi connectivity index (χ2v) is 6.69. The number of H-pyrrole nitrogens is 1. The van der Waals surface area contributed by atoms with Gasteiger partial charge in [-0.25, -0.2) is 4.98 Å². The fourth-order valence-corrected chi connectivity index (χ4v) is 3.27. The Balaban J connectivity index is 1.84. The van der Waals surface area contributed by atoms with Gasteiger partial charge in [0.05, 0.1) is 10.9 Å². The molecular weight excluding hydrogens is 314 g/mol. The summed E-state index contributed by atoms with van der Waals surface area (Å²) < 4.78 is 5.57. The Morgan fingerprint density at radius 1 is 1.48 bits per heavy atom. The second kappa shape index (κ2) is 6.08. The van der Waals surface area contributed by atoms with Crippen LogP contribution in [-0.2, 0) is 4.79 Å². The molecule has 1 amide bonds. The molecule has 23 heavy (non-hydrogen) atoms. The minimum atomic E-state index is -0.512. The van der Waals surface area contributed by atoms with Gasteiger partial charge in [-0.3, -0.25) is 9.59 Å². The molecule has 7 heteroatoms. The highest BCUT2D eigenvalue weighted by atomic mass is 32.2. The van der Waals surface area contributed by atoms with Gasteiger partial charge in [-0.05, 0) is 32.0 Å². The molecule has 0 fully saturated rings. The number of carbonyl (C=O) groups is 2. The van der Waals surface area contributed by atoms with E-state index in [0.717, 1.165) is 0 Å². The SMILES string of the molecule is CC1Oc2ccc(C(=O)C(C)Sc3ncc[nH]3)cc2N(C)C1=O. The van der Waals surface area contributed by atoms with Gasteiger partial charge in [0, 0.05) is 25.0 Å². The highest BCUT2D eigenvalue weighted by Crippen LogP contribution is 2.35. The number of imidazole rings is 1. The largest absolute Gasteiger partial charge is 0.479 e. The molecule has 0 bridgehead atoms. The van der Waals surface area contributed by atoms with Crippen LogP contribution in [0.1, 0.15) is 24.2 Å². The van der Waals surface area contributed by atoms with Crippen molar-refractivity contribution >= 4 is 29.1 Å². The predicted octanol–water partition coefficient (Wildman–Crippen LogP) is 2.52. The summed E-state index contributed by atoms with van der Waals surface area (Å²) >= 11 is 1.36. The van der Waals surface area contributed by atoms with Crippen LogP contribution in [0.4, 0.5) is 5.69 Å². The van der Waals surface area contributed by atoms with Gasteiger partial charge in [-0.15, -0.1) is 0 Å². The number of benzene rings is 1. The zero-order valence-electron chi connectivity index (χ0n) is 13.1. The van der Waals surface area contributed by atoms with Gasteiger partial charge in [0.25, 0.3) is 5.91 Å². The fourth-order valence-electron chi connectivity index (χ4n) is 2.44. The molecule has 1 aliphatic heterocycles. The van der Waals surface area contributed by atoms with Crippen LogP contribution in [0.3, 0.4) is 0 Å². The first-order valence-electron chi connectivity index (χ1n) is 7.26. The number of carbonyl (C=O) groups excluding carboxylic acids is 2. The maximum absolute atomic E-state index is 12.6. The van der Waals surface area contributed by atoms with Crippen LogP contribution < -0.4 is 9.64 Å². The Kier molecular flexibility index (Phi) is 4.12. The van der Waals surface area contributed by atoms with Crippen molar-refractivity contribution in [2.24, 2.45) is 0 Å². The first-order chi connectivity index (χ1) is 11.0. The van der Waals surface area contributed by atoms with E-state index in [1.54, 1.807) is 44.6 Å². The van der Waals surface area contributed by atoms with Crippen LogP contribution in [0, 0.1) is 0 Å². The summed E-state index contributed by atoms with van der Waals surface area (Å²) in [6.45, 7) is 3.55. The van der Waals surface area contributed by atoms with Crippen LogP contribution in [0.5, 0.6) is 5.75 Å². The molecule has 0 spiro atoms. The minimum Gasteiger partial charge on any atom is -0.479 e. The molecule has 0 aliphatic carbocycles. The summed E-state index contributed by atoms with van der Waals surface area (Å²) in [5, 5.41) is 0.414. The monoisotopic (exact) mass is 331 g/mol. The minimum absolute atomic E-state index is 0.0197. The number of hydrogen-bond donors (Lipinski definition) is 1. The van der Waals surface area contributed by atoms with Crippen LogP contribution in [0.25, 0.3) is 0 Å². The number of hydrogen-bond acceptors (Lipinski definition) is 5. The van der Waals surface area contributed by atoms with Crippen molar-refractivity contribution in [1.82, 2.24) is 9.97 Å². The summed E-state index contributed by atoms with van der Waals surface area (Å²) in [4.78, 5) is 33.2. The number of ether oxygens (including phenoxy) is 1. The van der Waals surface area contributed by atoms with E-state index >= 15 is 0 Å². The van der Waals surface area contributed by atoms with Crippen molar-refractivity contribution in [2.75, 3.05) is 11.9 Å². The molecule has 0 saturated heterocycles. The van der Waals surface area contributed by atoms with E-state index in [0.29, 0.717) is 22.2 Å². The molecule has 1 aromatic heterocycles. The lowest BCUT2D eigenvalue weighted by Gasteiger charge is -2.30. The first-order valence-corrected chi connectivity index (χ1v) is 8.14. The van der Waals surface area contributed by atoms with E-state index in [2.05, 4.69) is 9.97 Å². The maximum atomic E-state index is 12.6. The van der Waals surface area contributed by atoms with Crippen LogP contribution >= 0.6 is 11.8 Å². The number of anilines is 1. The van der Waals surface area contributed by atoms with Crippen LogP contribution in [0.2, 0.25) is 0 Å². The van der Waals surface area contributed by atoms with E-state index < -0.39 is 6.10 Å². The third kappa shape index (κ3) is 2.96. The Bertz CT molecular complexity index is 745. The van der Waals surface area contributed by atoms with Crippen molar-refractivity contribution in [3.8, 4) is 5.75 Å². The molecule has 2 atom stereocenters. The van der Waals surface area contributed by atoms with Gasteiger partial charge in [0.1, 0.15) is 5.75 Å². The lowest BCUT2D eigenvalue weighted by molar-refractivity contribution is -0.125. The smallest absolute Gasteiger partial charge is 0.267 e. The molecule has 2 aromatic rings. The number of Topliss-reactive ketones (excluding diaryl/α,β-unsaturated/α-hetero) is 1. The predicted molar refractivity (Wildman–Crippen MR) is 88.2 cm³/mol. The van der Waals surface area contributed by atoms with Crippen molar-refractivity contribution in [3.05, 3.63) is 36.2 Å². The zero-order chi connectivity index (χ0) is 16.6. The molecule has 6 nitrogen and oxygen atoms in total. The molecule has 3 rings (SSSR count). The van der Waals surface area contributed by atoms with E-state index in [9.17, 15) is 9.59 Å². The van der Waals surface area contributed by atoms with E-state index in [4.69, 9.17) is 4.74 Å². The second-order valence-electron chi connectivity index (χ2n) is 5.36. The Morgan fingerprint density at radius 3 is 2.96 bits per heavy atom. The topological polar surface area (TPSA) is 75.3 Å². The number of fused-ring (bicyclic) bond motifs is 1. The van der Waals surface area contributed by atoms with Crippen LogP contribution in [0.15, 0.2) is 35.7 Å². The summed E-state index contributed by atoms with van der Waals surface area (Å²) in [6.07, 6.45) is 2.86. The number of rotatable bonds is 4. The summed E-state index contributed by atoms with van der Waals surface area (Å²) in [5.41, 5.74) is 1.17. The Hall–Kier alpha value is -2.28. The number of likely N-dealkylation sites (N-methyl/N-ethyl adjacent to an activating group) is 1. The van der Waals surface area contributed by atoms with Gasteiger partial charge >= 0.3 is 0 Å². The number of nitrogens with one attached hydrogen (secondary N) is 1. The normalized spacial score (nSPS) is 18.3. The maximum Gasteiger partial charge on any atom is 0.267 e. The van der Waals surface area contributed by atoms with Crippen LogP contribution in [-0.4, -0.2) is 40.1 Å². The highest BCUT2D eigenvalue weighted by Gasteiger charge is 2.30. The standard InChI is InChI=1S/C16H17N3O3S/c1-9-15(21)19(3)12-8-11(4-5-13(12)22-9)14(20)10(2)23-16-17-6-7-18-16/h4-10H,1-3H3,(H,17,18). The quantitative estimate of drug-likeness (QED) is 0.688. The average molecular weight is 331 g/mol. The van der Waals surface area contributed by atoms with E-state index in [-0.39, 0.29) is 16.9 Å². The van der Waals surface area contributed by atoms with Crippen molar-refractivity contribution in [3.63, 3.8) is 0 Å². The van der Waals surface area contributed by atoms with Gasteiger partial charge in [-0.2, -0.15) is 0 Å². The third-order valence-electron chi connectivity index (χ3n) is 3.72. The number of nitrogens with zero attached hydrogens (tertiary/aromatic N) is 2. The van der Waals surface area contributed by atoms with Crippen molar-refractivity contribution in [2.45, 2.75) is 30.4 Å². The van der Waals surface area contributed by atoms with Crippen molar-refractivity contribution in [1.29, 1.82) is 0 Å². The number of aromatic amines is 1. The zero-order valence-corrected chi connectivity index (χ0v) is 13.9. The molecule has 120 valence electrons. The highest BCUT2D eigenvalue weighted by molar-refractivity contribution is 8.00. The Morgan fingerprint density at radius 2 is 2.26 bits per heavy atom. The summed E-state index contributed by atoms with van der Waals surface area (Å²) in [6, 6.07) is 5.18. The third-order valence-corrected chi connectivity index (χ3v) is 4.73. The molecule has 0 radical (unpaired) electrons. The number of aromatic nitrogens is 2. The average Bonchev–Trinajstić information content (AvgIpc) is 3.04. The molecule has 1 aromatic carbocycles. The van der Waals surface area contributed by atoms with Crippen molar-refractivity contribution < 1.29 is 14.3 Å². The number of ketones is 1. The molecule has 1 N–H and O–H groups in total. The lowest BCUT2D eigenvalue weighted by atomic mass is 10.1. The summed E-state index contributed by atoms with van der Waals surface area (Å²) in [5.74, 6) is 0.469. The van der Waals surface area contributed by atoms with E-state index in [1.165, 1.54) is 16.7 Å². The van der Waals surface area contributed by atoms with Gasteiger partial charge in [-0.1, -0.05) is 11.8 Å². The number of amides is 1. The summed E-state index contributed by atoms with van der Waals surface area (Å²) in [7, 11) is 1.69. The molecule has 0 saturated carbocycles. The van der Waals surface area contributed by atoms with Gasteiger partial charge < -0.3 is 14.6 Å². The lowest BCUT2D eigenvalue weighted by Crippen LogP contribution is -2.42. The first kappa shape index (κ1) is 15.6. The van der Waals surface area contributed by atoms with E-state index in [1.807, 2.05) is 6.92 Å². The molecule has 1 aliphatic rings. The van der Waals surface area contributed by atoms with Gasteiger partial charge in [0.15, 0.2) is 17.0 Å². The fraction of sp³-hybridized carbons (Fsp3) is 0.312. The van der Waals surface area contributed by atoms with Gasteiger partial charge in [0.2, 0.25) is 0 Å². The molecule has 2 heterocycles. The molecule has 2 unspecified atom stereocenters.